The fourth-order valence-corrected chi connectivity index (χ4v) is 2.88. The summed E-state index contributed by atoms with van der Waals surface area (Å²) in [5.74, 6) is -0.0700. The number of nitrogens with zero attached hydrogens (tertiary/aromatic N) is 3. The Balaban J connectivity index is 1.49. The first kappa shape index (κ1) is 18.9. The first-order chi connectivity index (χ1) is 14.0. The van der Waals surface area contributed by atoms with Crippen LogP contribution in [0.2, 0.25) is 5.02 Å². The topological polar surface area (TPSA) is 69.0 Å². The maximum atomic E-state index is 13.1. The molecule has 0 spiro atoms. The van der Waals surface area contributed by atoms with Crippen LogP contribution in [0.3, 0.4) is 0 Å². The minimum absolute atomic E-state index is 0.138. The Bertz CT molecular complexity index is 1170. The highest BCUT2D eigenvalue weighted by Gasteiger charge is 2.11. The smallest absolute Gasteiger partial charge is 0.262 e. The molecule has 0 unspecified atom stereocenters. The van der Waals surface area contributed by atoms with Crippen LogP contribution in [0.15, 0.2) is 60.7 Å². The summed E-state index contributed by atoms with van der Waals surface area (Å²) in [4.78, 5) is 13.7. The third-order valence-electron chi connectivity index (χ3n) is 4.24. The number of carbonyl (C=O) groups excluding carboxylic acids is 1. The maximum absolute atomic E-state index is 13.1. The van der Waals surface area contributed by atoms with Crippen LogP contribution in [0.5, 0.6) is 5.75 Å². The molecule has 0 aliphatic heterocycles. The van der Waals surface area contributed by atoms with Crippen molar-refractivity contribution in [1.29, 1.82) is 0 Å². The van der Waals surface area contributed by atoms with E-state index in [-0.39, 0.29) is 18.3 Å². The Kier molecular flexibility index (Phi) is 5.14. The molecule has 0 fully saturated rings. The van der Waals surface area contributed by atoms with Crippen molar-refractivity contribution in [2.45, 2.75) is 6.92 Å². The van der Waals surface area contributed by atoms with Crippen molar-refractivity contribution in [1.82, 2.24) is 15.0 Å². The lowest BCUT2D eigenvalue weighted by atomic mass is 10.1. The van der Waals surface area contributed by atoms with Gasteiger partial charge in [0.05, 0.1) is 5.69 Å². The first-order valence-corrected chi connectivity index (χ1v) is 9.17. The highest BCUT2D eigenvalue weighted by Crippen LogP contribution is 2.22. The number of aryl methyl sites for hydroxylation is 1. The molecular formula is C21H16ClFN4O2. The molecule has 0 saturated carbocycles. The van der Waals surface area contributed by atoms with Crippen molar-refractivity contribution >= 4 is 34.2 Å². The summed E-state index contributed by atoms with van der Waals surface area (Å²) in [6.07, 6.45) is 0. The van der Waals surface area contributed by atoms with Gasteiger partial charge < -0.3 is 10.1 Å². The molecule has 3 aromatic carbocycles. The Morgan fingerprint density at radius 2 is 1.72 bits per heavy atom. The van der Waals surface area contributed by atoms with Crippen LogP contribution in [-0.2, 0) is 4.79 Å². The van der Waals surface area contributed by atoms with Crippen LogP contribution in [0.4, 0.5) is 10.1 Å². The highest BCUT2D eigenvalue weighted by molar-refractivity contribution is 6.30. The number of ether oxygens (including phenoxy) is 1. The van der Waals surface area contributed by atoms with E-state index >= 15 is 0 Å². The number of halogens is 2. The summed E-state index contributed by atoms with van der Waals surface area (Å²) < 4.78 is 18.6. The van der Waals surface area contributed by atoms with Gasteiger partial charge in [0.25, 0.3) is 5.91 Å². The molecule has 146 valence electrons. The molecule has 1 aromatic heterocycles. The number of aromatic nitrogens is 3. The zero-order valence-electron chi connectivity index (χ0n) is 15.4. The molecule has 0 aliphatic carbocycles. The number of amides is 1. The Labute approximate surface area is 170 Å². The van der Waals surface area contributed by atoms with Gasteiger partial charge in [-0.25, -0.2) is 4.39 Å². The van der Waals surface area contributed by atoms with E-state index in [2.05, 4.69) is 15.5 Å². The Hall–Kier alpha value is -3.45. The molecule has 4 aromatic rings. The molecule has 1 heterocycles. The van der Waals surface area contributed by atoms with E-state index in [4.69, 9.17) is 16.3 Å². The molecule has 0 aliphatic rings. The molecule has 1 amide bonds. The predicted octanol–water partition coefficient (Wildman–Crippen LogP) is 4.54. The average Bonchev–Trinajstić information content (AvgIpc) is 3.11. The number of hydrogen-bond acceptors (Lipinski definition) is 4. The molecule has 0 bridgehead atoms. The second-order valence-electron chi connectivity index (χ2n) is 6.41. The van der Waals surface area contributed by atoms with Crippen LogP contribution in [0.25, 0.3) is 16.7 Å². The summed E-state index contributed by atoms with van der Waals surface area (Å²) in [7, 11) is 0. The van der Waals surface area contributed by atoms with Gasteiger partial charge in [0.1, 0.15) is 22.6 Å². The van der Waals surface area contributed by atoms with E-state index in [1.807, 2.05) is 13.0 Å². The number of fused-ring (bicyclic) bond motifs is 1. The third-order valence-corrected chi connectivity index (χ3v) is 4.49. The molecule has 0 atom stereocenters. The number of hydrogen-bond donors (Lipinski definition) is 1. The van der Waals surface area contributed by atoms with Gasteiger partial charge in [-0.2, -0.15) is 4.80 Å². The SMILES string of the molecule is Cc1cc2nn(-c3ccc(F)cc3)nc2cc1NC(=O)COc1ccc(Cl)cc1. The zero-order valence-corrected chi connectivity index (χ0v) is 16.2. The number of nitrogens with one attached hydrogen (secondary N) is 1. The van der Waals surface area contributed by atoms with Gasteiger partial charge in [-0.3, -0.25) is 4.79 Å². The normalized spacial score (nSPS) is 10.9. The summed E-state index contributed by atoms with van der Waals surface area (Å²) in [5.41, 5.74) is 3.37. The van der Waals surface area contributed by atoms with Crippen LogP contribution >= 0.6 is 11.6 Å². The van der Waals surface area contributed by atoms with Crippen molar-refractivity contribution in [2.75, 3.05) is 11.9 Å². The van der Waals surface area contributed by atoms with Gasteiger partial charge in [0, 0.05) is 10.7 Å². The summed E-state index contributed by atoms with van der Waals surface area (Å²) in [6, 6.07) is 16.2. The first-order valence-electron chi connectivity index (χ1n) is 8.80. The lowest BCUT2D eigenvalue weighted by molar-refractivity contribution is -0.118. The van der Waals surface area contributed by atoms with Crippen molar-refractivity contribution < 1.29 is 13.9 Å². The second-order valence-corrected chi connectivity index (χ2v) is 6.85. The minimum atomic E-state index is -0.327. The molecule has 6 nitrogen and oxygen atoms in total. The van der Waals surface area contributed by atoms with E-state index in [1.54, 1.807) is 42.5 Å². The lowest BCUT2D eigenvalue weighted by Crippen LogP contribution is -2.20. The van der Waals surface area contributed by atoms with Crippen molar-refractivity contribution in [3.8, 4) is 11.4 Å². The van der Waals surface area contributed by atoms with Crippen molar-refractivity contribution in [3.63, 3.8) is 0 Å². The van der Waals surface area contributed by atoms with Crippen molar-refractivity contribution in [3.05, 3.63) is 77.1 Å². The fourth-order valence-electron chi connectivity index (χ4n) is 2.76. The second kappa shape index (κ2) is 7.89. The molecule has 0 saturated heterocycles. The summed E-state index contributed by atoms with van der Waals surface area (Å²) in [6.45, 7) is 1.73. The van der Waals surface area contributed by atoms with Gasteiger partial charge in [-0.1, -0.05) is 11.6 Å². The van der Waals surface area contributed by atoms with E-state index in [0.29, 0.717) is 33.2 Å². The quantitative estimate of drug-likeness (QED) is 0.524. The van der Waals surface area contributed by atoms with Crippen LogP contribution in [0.1, 0.15) is 5.56 Å². The minimum Gasteiger partial charge on any atom is -0.484 e. The van der Waals surface area contributed by atoms with Gasteiger partial charge in [-0.05, 0) is 73.2 Å². The van der Waals surface area contributed by atoms with Crippen LogP contribution in [-0.4, -0.2) is 27.5 Å². The Morgan fingerprint density at radius 1 is 1.07 bits per heavy atom. The fraction of sp³-hybridized carbons (Fsp3) is 0.0952. The highest BCUT2D eigenvalue weighted by atomic mass is 35.5. The third kappa shape index (κ3) is 4.35. The number of benzene rings is 3. The largest absolute Gasteiger partial charge is 0.484 e. The lowest BCUT2D eigenvalue weighted by Gasteiger charge is -2.09. The summed E-state index contributed by atoms with van der Waals surface area (Å²) in [5, 5.41) is 12.2. The number of carbonyl (C=O) groups is 1. The number of anilines is 1. The van der Waals surface area contributed by atoms with Crippen LogP contribution < -0.4 is 10.1 Å². The standard InChI is InChI=1S/C21H16ClFN4O2/c1-13-10-19-20(26-27(25-19)16-6-4-15(23)5-7-16)11-18(13)24-21(28)12-29-17-8-2-14(22)3-9-17/h2-11H,12H2,1H3,(H,24,28). The van der Waals surface area contributed by atoms with E-state index in [0.717, 1.165) is 5.56 Å². The molecular weight excluding hydrogens is 395 g/mol. The molecule has 0 radical (unpaired) electrons. The average molecular weight is 411 g/mol. The monoisotopic (exact) mass is 410 g/mol. The van der Waals surface area contributed by atoms with E-state index in [1.165, 1.54) is 16.9 Å². The number of rotatable bonds is 5. The molecule has 29 heavy (non-hydrogen) atoms. The van der Waals surface area contributed by atoms with Gasteiger partial charge in [-0.15, -0.1) is 10.2 Å². The van der Waals surface area contributed by atoms with Gasteiger partial charge >= 0.3 is 0 Å². The summed E-state index contributed by atoms with van der Waals surface area (Å²) >= 11 is 5.83. The Morgan fingerprint density at radius 3 is 2.41 bits per heavy atom. The maximum Gasteiger partial charge on any atom is 0.262 e. The molecule has 8 heteroatoms. The predicted molar refractivity (Wildman–Crippen MR) is 109 cm³/mol. The van der Waals surface area contributed by atoms with E-state index in [9.17, 15) is 9.18 Å². The zero-order chi connectivity index (χ0) is 20.4. The van der Waals surface area contributed by atoms with Crippen LogP contribution in [0, 0.1) is 12.7 Å². The van der Waals surface area contributed by atoms with E-state index < -0.39 is 0 Å². The molecule has 1 N–H and O–H groups in total. The van der Waals surface area contributed by atoms with Crippen molar-refractivity contribution in [2.24, 2.45) is 0 Å². The van der Waals surface area contributed by atoms with Gasteiger partial charge in [0.15, 0.2) is 6.61 Å². The van der Waals surface area contributed by atoms with Gasteiger partial charge in [0.2, 0.25) is 0 Å². The molecule has 4 rings (SSSR count).